The maximum absolute atomic E-state index is 14.7. The standard InChI is InChI=1S/C22H19FN8O/c1-3-30(19-14(11-24)18(25)28-21(26)29-19)22-27-17-12(2)9-10-15(23)16(17)20(32)31(22)13-7-5-4-6-8-13/h4-10H,3H2,1-2H3,(H4,25,26,28,29). The maximum atomic E-state index is 14.7. The molecule has 0 fully saturated rings. The Bertz CT molecular complexity index is 1440. The quantitative estimate of drug-likeness (QED) is 0.504. The van der Waals surface area contributed by atoms with E-state index < -0.39 is 11.4 Å². The van der Waals surface area contributed by atoms with Gasteiger partial charge in [-0.25, -0.2) is 13.9 Å². The normalized spacial score (nSPS) is 10.8. The van der Waals surface area contributed by atoms with Crippen molar-refractivity contribution >= 4 is 34.4 Å². The molecule has 0 radical (unpaired) electrons. The number of nitrogens with two attached hydrogens (primary N) is 2. The van der Waals surface area contributed by atoms with Gasteiger partial charge in [0.2, 0.25) is 11.9 Å². The molecule has 0 aliphatic rings. The van der Waals surface area contributed by atoms with E-state index in [-0.39, 0.29) is 46.5 Å². The molecule has 10 heteroatoms. The number of hydrogen-bond acceptors (Lipinski definition) is 8. The smallest absolute Gasteiger partial charge is 0.270 e. The van der Waals surface area contributed by atoms with E-state index in [2.05, 4.69) is 15.0 Å². The van der Waals surface area contributed by atoms with E-state index in [1.165, 1.54) is 15.5 Å². The third-order valence-electron chi connectivity index (χ3n) is 5.03. The molecule has 32 heavy (non-hydrogen) atoms. The third-order valence-corrected chi connectivity index (χ3v) is 5.03. The van der Waals surface area contributed by atoms with Gasteiger partial charge in [0.25, 0.3) is 5.56 Å². The molecule has 9 nitrogen and oxygen atoms in total. The Kier molecular flexibility index (Phi) is 5.16. The number of aryl methyl sites for hydroxylation is 1. The van der Waals surface area contributed by atoms with Crippen LogP contribution in [0.25, 0.3) is 16.6 Å². The highest BCUT2D eigenvalue weighted by Crippen LogP contribution is 2.31. The van der Waals surface area contributed by atoms with Crippen LogP contribution < -0.4 is 21.9 Å². The minimum absolute atomic E-state index is 0.00836. The van der Waals surface area contributed by atoms with Crippen molar-refractivity contribution in [2.45, 2.75) is 13.8 Å². The summed E-state index contributed by atoms with van der Waals surface area (Å²) in [6.07, 6.45) is 0. The van der Waals surface area contributed by atoms with Crippen LogP contribution in [-0.4, -0.2) is 26.1 Å². The molecule has 0 bridgehead atoms. The number of nitrogens with zero attached hydrogens (tertiary/aromatic N) is 6. The zero-order valence-electron chi connectivity index (χ0n) is 17.4. The van der Waals surface area contributed by atoms with Crippen LogP contribution in [0.3, 0.4) is 0 Å². The van der Waals surface area contributed by atoms with E-state index in [1.54, 1.807) is 50.2 Å². The molecule has 0 atom stereocenters. The van der Waals surface area contributed by atoms with Crippen LogP contribution in [0.1, 0.15) is 18.1 Å². The van der Waals surface area contributed by atoms with Crippen molar-refractivity contribution in [3.05, 3.63) is 69.8 Å². The molecule has 4 N–H and O–H groups in total. The zero-order chi connectivity index (χ0) is 23.0. The number of nitrogen functional groups attached to an aromatic ring is 2. The number of aromatic nitrogens is 4. The van der Waals surface area contributed by atoms with Crippen molar-refractivity contribution < 1.29 is 4.39 Å². The molecule has 2 aromatic heterocycles. The maximum Gasteiger partial charge on any atom is 0.270 e. The lowest BCUT2D eigenvalue weighted by molar-refractivity contribution is 0.637. The first kappa shape index (κ1) is 20.7. The van der Waals surface area contributed by atoms with Crippen LogP contribution in [-0.2, 0) is 0 Å². The lowest BCUT2D eigenvalue weighted by Gasteiger charge is -2.26. The van der Waals surface area contributed by atoms with Crippen molar-refractivity contribution in [2.24, 2.45) is 0 Å². The van der Waals surface area contributed by atoms with Crippen LogP contribution in [0, 0.1) is 24.1 Å². The molecule has 0 saturated heterocycles. The van der Waals surface area contributed by atoms with Gasteiger partial charge < -0.3 is 11.5 Å². The molecule has 0 aliphatic carbocycles. The lowest BCUT2D eigenvalue weighted by Crippen LogP contribution is -2.31. The largest absolute Gasteiger partial charge is 0.382 e. The molecule has 4 aromatic rings. The second kappa shape index (κ2) is 7.96. The fourth-order valence-electron chi connectivity index (χ4n) is 3.53. The Morgan fingerprint density at radius 1 is 1.12 bits per heavy atom. The van der Waals surface area contributed by atoms with Gasteiger partial charge in [0.1, 0.15) is 28.7 Å². The van der Waals surface area contributed by atoms with E-state index in [4.69, 9.17) is 11.5 Å². The Balaban J connectivity index is 2.16. The summed E-state index contributed by atoms with van der Waals surface area (Å²) in [5.74, 6) is -0.656. The Hall–Kier alpha value is -4.52. The molecular weight excluding hydrogens is 411 g/mol. The lowest BCUT2D eigenvalue weighted by atomic mass is 10.1. The monoisotopic (exact) mass is 430 g/mol. The SMILES string of the molecule is CCN(c1nc(N)nc(N)c1C#N)c1nc2c(C)ccc(F)c2c(=O)n1-c1ccccc1. The molecule has 2 aromatic carbocycles. The molecule has 0 spiro atoms. The minimum atomic E-state index is -0.671. The summed E-state index contributed by atoms with van der Waals surface area (Å²) in [6.45, 7) is 3.78. The number of rotatable bonds is 4. The number of nitriles is 1. The Labute approximate surface area is 182 Å². The van der Waals surface area contributed by atoms with Crippen molar-refractivity contribution in [1.29, 1.82) is 5.26 Å². The van der Waals surface area contributed by atoms with Gasteiger partial charge in [0, 0.05) is 6.54 Å². The van der Waals surface area contributed by atoms with Crippen LogP contribution in [0.15, 0.2) is 47.3 Å². The van der Waals surface area contributed by atoms with Crippen molar-refractivity contribution in [3.63, 3.8) is 0 Å². The highest BCUT2D eigenvalue weighted by atomic mass is 19.1. The average molecular weight is 430 g/mol. The molecule has 160 valence electrons. The van der Waals surface area contributed by atoms with Crippen LogP contribution in [0.2, 0.25) is 0 Å². The summed E-state index contributed by atoms with van der Waals surface area (Å²) in [4.78, 5) is 27.8. The fourth-order valence-corrected chi connectivity index (χ4v) is 3.53. The Morgan fingerprint density at radius 3 is 2.50 bits per heavy atom. The summed E-state index contributed by atoms with van der Waals surface area (Å²) < 4.78 is 16.0. The molecule has 2 heterocycles. The molecule has 0 amide bonds. The van der Waals surface area contributed by atoms with Gasteiger partial charge in [-0.1, -0.05) is 24.3 Å². The van der Waals surface area contributed by atoms with Gasteiger partial charge in [0.05, 0.1) is 11.2 Å². The minimum Gasteiger partial charge on any atom is -0.382 e. The van der Waals surface area contributed by atoms with Gasteiger partial charge in [0.15, 0.2) is 5.82 Å². The van der Waals surface area contributed by atoms with Gasteiger partial charge in [-0.2, -0.15) is 15.2 Å². The number of anilines is 4. The molecule has 0 aliphatic heterocycles. The van der Waals surface area contributed by atoms with Crippen molar-refractivity contribution in [2.75, 3.05) is 22.9 Å². The highest BCUT2D eigenvalue weighted by Gasteiger charge is 2.25. The zero-order valence-corrected chi connectivity index (χ0v) is 17.4. The summed E-state index contributed by atoms with van der Waals surface area (Å²) in [7, 11) is 0. The topological polar surface area (TPSA) is 140 Å². The van der Waals surface area contributed by atoms with E-state index in [0.717, 1.165) is 0 Å². The second-order valence-corrected chi connectivity index (χ2v) is 7.00. The molecule has 0 saturated carbocycles. The predicted octanol–water partition coefficient (Wildman–Crippen LogP) is 2.82. The van der Waals surface area contributed by atoms with Gasteiger partial charge in [-0.15, -0.1) is 0 Å². The Morgan fingerprint density at radius 2 is 1.84 bits per heavy atom. The van der Waals surface area contributed by atoms with Crippen LogP contribution in [0.5, 0.6) is 0 Å². The number of fused-ring (bicyclic) bond motifs is 1. The number of halogens is 1. The average Bonchev–Trinajstić information content (AvgIpc) is 2.77. The first-order valence-corrected chi connectivity index (χ1v) is 9.75. The number of hydrogen-bond donors (Lipinski definition) is 2. The fraction of sp³-hybridized carbons (Fsp3) is 0.136. The summed E-state index contributed by atoms with van der Waals surface area (Å²) in [5, 5.41) is 9.53. The number of benzene rings is 2. The first-order valence-electron chi connectivity index (χ1n) is 9.75. The molecule has 0 unspecified atom stereocenters. The third kappa shape index (κ3) is 3.26. The highest BCUT2D eigenvalue weighted by molar-refractivity contribution is 5.84. The van der Waals surface area contributed by atoms with Crippen molar-refractivity contribution in [3.8, 4) is 11.8 Å². The van der Waals surface area contributed by atoms with Gasteiger partial charge in [-0.3, -0.25) is 9.69 Å². The second-order valence-electron chi connectivity index (χ2n) is 7.00. The van der Waals surface area contributed by atoms with Crippen LogP contribution in [0.4, 0.5) is 27.9 Å². The van der Waals surface area contributed by atoms with E-state index in [9.17, 15) is 14.4 Å². The van der Waals surface area contributed by atoms with E-state index in [0.29, 0.717) is 11.3 Å². The van der Waals surface area contributed by atoms with Crippen molar-refractivity contribution in [1.82, 2.24) is 19.5 Å². The van der Waals surface area contributed by atoms with Gasteiger partial charge >= 0.3 is 0 Å². The van der Waals surface area contributed by atoms with E-state index >= 15 is 0 Å². The van der Waals surface area contributed by atoms with Gasteiger partial charge in [-0.05, 0) is 37.6 Å². The summed E-state index contributed by atoms with van der Waals surface area (Å²) in [5.41, 5.74) is 12.4. The number of para-hydroxylation sites is 1. The summed E-state index contributed by atoms with van der Waals surface area (Å²) >= 11 is 0. The van der Waals surface area contributed by atoms with Crippen LogP contribution >= 0.6 is 0 Å². The predicted molar refractivity (Wildman–Crippen MR) is 120 cm³/mol. The van der Waals surface area contributed by atoms with E-state index in [1.807, 2.05) is 6.07 Å². The first-order chi connectivity index (χ1) is 15.4. The molecular formula is C22H19FN8O. The molecule has 4 rings (SSSR count). The summed E-state index contributed by atoms with van der Waals surface area (Å²) in [6, 6.07) is 13.5.